The maximum absolute atomic E-state index is 11.2. The zero-order valence-corrected chi connectivity index (χ0v) is 12.8. The summed E-state index contributed by atoms with van der Waals surface area (Å²) in [6, 6.07) is 7.01. The molecule has 0 aliphatic carbocycles. The summed E-state index contributed by atoms with van der Waals surface area (Å²) in [6.07, 6.45) is 5.53. The van der Waals surface area contributed by atoms with E-state index in [2.05, 4.69) is 11.8 Å². The number of hydrogen-bond acceptors (Lipinski definition) is 4. The zero-order chi connectivity index (χ0) is 15.3. The maximum atomic E-state index is 11.2. The Morgan fingerprint density at radius 1 is 1.24 bits per heavy atom. The Hall–Kier alpha value is -1.46. The van der Waals surface area contributed by atoms with Crippen molar-refractivity contribution in [2.75, 3.05) is 19.6 Å². The normalized spacial score (nSPS) is 19.7. The number of hydrogen-bond donors (Lipinski definition) is 1. The molecule has 0 amide bonds. The molecule has 2 N–H and O–H groups in total. The van der Waals surface area contributed by atoms with Gasteiger partial charge in [0.1, 0.15) is 0 Å². The van der Waals surface area contributed by atoms with Crippen LogP contribution in [-0.4, -0.2) is 35.0 Å². The van der Waals surface area contributed by atoms with Gasteiger partial charge in [0.05, 0.1) is 4.92 Å². The molecule has 1 fully saturated rings. The van der Waals surface area contributed by atoms with Crippen LogP contribution in [0.3, 0.4) is 0 Å². The van der Waals surface area contributed by atoms with Crippen molar-refractivity contribution in [2.45, 2.75) is 44.6 Å². The molecular weight excluding hydrogens is 266 g/mol. The smallest absolute Gasteiger partial charge is 0.272 e. The van der Waals surface area contributed by atoms with Crippen LogP contribution in [0.4, 0.5) is 5.69 Å². The Balaban J connectivity index is 2.23. The highest BCUT2D eigenvalue weighted by Gasteiger charge is 2.33. The van der Waals surface area contributed by atoms with Crippen LogP contribution in [0, 0.1) is 10.1 Å². The SMILES string of the molecule is CC(CN)(Cc1ccccc1[N+](=O)[O-])N1CCCCCC1. The number of nitro groups is 1. The fraction of sp³-hybridized carbons (Fsp3) is 0.625. The fourth-order valence-electron chi connectivity index (χ4n) is 3.17. The lowest BCUT2D eigenvalue weighted by molar-refractivity contribution is -0.385. The van der Waals surface area contributed by atoms with Gasteiger partial charge in [-0.2, -0.15) is 0 Å². The lowest BCUT2D eigenvalue weighted by atomic mass is 9.89. The van der Waals surface area contributed by atoms with Gasteiger partial charge >= 0.3 is 0 Å². The third kappa shape index (κ3) is 3.80. The first kappa shape index (κ1) is 15.9. The van der Waals surface area contributed by atoms with Crippen LogP contribution < -0.4 is 5.73 Å². The molecule has 21 heavy (non-hydrogen) atoms. The largest absolute Gasteiger partial charge is 0.329 e. The molecule has 1 unspecified atom stereocenters. The number of rotatable bonds is 5. The van der Waals surface area contributed by atoms with E-state index in [1.165, 1.54) is 25.7 Å². The molecule has 0 aromatic heterocycles. The molecule has 1 heterocycles. The van der Waals surface area contributed by atoms with E-state index in [1.54, 1.807) is 12.1 Å². The molecule has 2 rings (SSSR count). The predicted octanol–water partition coefficient (Wildman–Crippen LogP) is 2.73. The molecule has 0 radical (unpaired) electrons. The molecule has 5 heteroatoms. The summed E-state index contributed by atoms with van der Waals surface area (Å²) in [4.78, 5) is 13.3. The summed E-state index contributed by atoms with van der Waals surface area (Å²) in [5.41, 5.74) is 6.82. The highest BCUT2D eigenvalue weighted by Crippen LogP contribution is 2.28. The highest BCUT2D eigenvalue weighted by molar-refractivity contribution is 5.41. The maximum Gasteiger partial charge on any atom is 0.272 e. The molecule has 1 aliphatic heterocycles. The molecule has 0 bridgehead atoms. The van der Waals surface area contributed by atoms with Crippen LogP contribution in [-0.2, 0) is 6.42 Å². The van der Waals surface area contributed by atoms with Crippen LogP contribution in [0.5, 0.6) is 0 Å². The Kier molecular flexibility index (Phi) is 5.31. The number of nitro benzene ring substituents is 1. The third-order valence-electron chi connectivity index (χ3n) is 4.57. The molecule has 1 aromatic carbocycles. The second kappa shape index (κ2) is 7.00. The third-order valence-corrected chi connectivity index (χ3v) is 4.57. The Morgan fingerprint density at radius 3 is 2.43 bits per heavy atom. The number of likely N-dealkylation sites (tertiary alicyclic amines) is 1. The lowest BCUT2D eigenvalue weighted by Crippen LogP contribution is -2.53. The van der Waals surface area contributed by atoms with Crippen LogP contribution >= 0.6 is 0 Å². The summed E-state index contributed by atoms with van der Waals surface area (Å²) in [5.74, 6) is 0. The molecule has 1 aromatic rings. The topological polar surface area (TPSA) is 72.4 Å². The van der Waals surface area contributed by atoms with Gasteiger partial charge in [-0.05, 0) is 39.3 Å². The van der Waals surface area contributed by atoms with Gasteiger partial charge in [0.15, 0.2) is 0 Å². The standard InChI is InChI=1S/C16H25N3O2/c1-16(13-17,18-10-6-2-3-7-11-18)12-14-8-4-5-9-15(14)19(20)21/h4-5,8-9H,2-3,6-7,10-13,17H2,1H3. The van der Waals surface area contributed by atoms with Gasteiger partial charge in [-0.1, -0.05) is 31.0 Å². The molecule has 5 nitrogen and oxygen atoms in total. The Labute approximate surface area is 126 Å². The average Bonchev–Trinajstić information content (AvgIpc) is 2.77. The number of benzene rings is 1. The molecule has 1 atom stereocenters. The summed E-state index contributed by atoms with van der Waals surface area (Å²) in [5, 5.41) is 11.2. The number of nitrogens with two attached hydrogens (primary N) is 1. The Morgan fingerprint density at radius 2 is 1.86 bits per heavy atom. The Bertz CT molecular complexity index is 484. The van der Waals surface area contributed by atoms with E-state index in [0.717, 1.165) is 18.7 Å². The second-order valence-electron chi connectivity index (χ2n) is 6.16. The molecule has 116 valence electrons. The van der Waals surface area contributed by atoms with E-state index in [4.69, 9.17) is 5.73 Å². The van der Waals surface area contributed by atoms with Crippen molar-refractivity contribution >= 4 is 5.69 Å². The van der Waals surface area contributed by atoms with Crippen LogP contribution in [0.25, 0.3) is 0 Å². The molecule has 0 spiro atoms. The van der Waals surface area contributed by atoms with Crippen molar-refractivity contribution in [3.8, 4) is 0 Å². The summed E-state index contributed by atoms with van der Waals surface area (Å²) in [6.45, 7) is 4.72. The quantitative estimate of drug-likeness (QED) is 0.669. The highest BCUT2D eigenvalue weighted by atomic mass is 16.6. The lowest BCUT2D eigenvalue weighted by Gasteiger charge is -2.40. The van der Waals surface area contributed by atoms with Gasteiger partial charge in [0.25, 0.3) is 5.69 Å². The average molecular weight is 291 g/mol. The minimum Gasteiger partial charge on any atom is -0.329 e. The number of para-hydroxylation sites is 1. The molecule has 1 aliphatic rings. The van der Waals surface area contributed by atoms with E-state index in [-0.39, 0.29) is 16.1 Å². The molecule has 1 saturated heterocycles. The van der Waals surface area contributed by atoms with E-state index >= 15 is 0 Å². The van der Waals surface area contributed by atoms with Crippen molar-refractivity contribution in [1.82, 2.24) is 4.90 Å². The first-order valence-electron chi connectivity index (χ1n) is 7.74. The first-order chi connectivity index (χ1) is 10.1. The van der Waals surface area contributed by atoms with Crippen molar-refractivity contribution in [3.63, 3.8) is 0 Å². The minimum atomic E-state index is -0.297. The van der Waals surface area contributed by atoms with E-state index in [1.807, 2.05) is 12.1 Å². The fourth-order valence-corrected chi connectivity index (χ4v) is 3.17. The van der Waals surface area contributed by atoms with E-state index < -0.39 is 0 Å². The monoisotopic (exact) mass is 291 g/mol. The second-order valence-corrected chi connectivity index (χ2v) is 6.16. The molecular formula is C16H25N3O2. The predicted molar refractivity (Wildman–Crippen MR) is 84.3 cm³/mol. The van der Waals surface area contributed by atoms with E-state index in [0.29, 0.717) is 13.0 Å². The number of nitrogens with zero attached hydrogens (tertiary/aromatic N) is 2. The van der Waals surface area contributed by atoms with Gasteiger partial charge in [-0.15, -0.1) is 0 Å². The van der Waals surface area contributed by atoms with Crippen LogP contribution in [0.1, 0.15) is 38.2 Å². The minimum absolute atomic E-state index is 0.201. The van der Waals surface area contributed by atoms with Crippen LogP contribution in [0.2, 0.25) is 0 Å². The molecule has 0 saturated carbocycles. The van der Waals surface area contributed by atoms with Gasteiger partial charge < -0.3 is 5.73 Å². The summed E-state index contributed by atoms with van der Waals surface area (Å²) < 4.78 is 0. The zero-order valence-electron chi connectivity index (χ0n) is 12.8. The van der Waals surface area contributed by atoms with Gasteiger partial charge in [-0.25, -0.2) is 0 Å². The van der Waals surface area contributed by atoms with Crippen LogP contribution in [0.15, 0.2) is 24.3 Å². The first-order valence-corrected chi connectivity index (χ1v) is 7.74. The summed E-state index contributed by atoms with van der Waals surface area (Å²) in [7, 11) is 0. The van der Waals surface area contributed by atoms with Gasteiger partial charge in [-0.3, -0.25) is 15.0 Å². The summed E-state index contributed by atoms with van der Waals surface area (Å²) >= 11 is 0. The van der Waals surface area contributed by atoms with E-state index in [9.17, 15) is 10.1 Å². The van der Waals surface area contributed by atoms with Crippen molar-refractivity contribution < 1.29 is 4.92 Å². The van der Waals surface area contributed by atoms with Crippen molar-refractivity contribution in [3.05, 3.63) is 39.9 Å². The van der Waals surface area contributed by atoms with Crippen molar-refractivity contribution in [1.29, 1.82) is 0 Å². The van der Waals surface area contributed by atoms with Gasteiger partial charge in [0, 0.05) is 23.7 Å². The van der Waals surface area contributed by atoms with Crippen molar-refractivity contribution in [2.24, 2.45) is 5.73 Å². The van der Waals surface area contributed by atoms with Gasteiger partial charge in [0.2, 0.25) is 0 Å².